The maximum atomic E-state index is 5.83. The monoisotopic (exact) mass is 284 g/mol. The van der Waals surface area contributed by atoms with Gasteiger partial charge in [-0.15, -0.1) is 0 Å². The van der Waals surface area contributed by atoms with E-state index in [0.717, 1.165) is 30.0 Å². The number of anilines is 2. The molecule has 0 bridgehead atoms. The first-order valence-electron chi connectivity index (χ1n) is 7.15. The van der Waals surface area contributed by atoms with Crippen molar-refractivity contribution in [3.8, 4) is 0 Å². The normalized spacial score (nSPS) is 20.9. The third-order valence-electron chi connectivity index (χ3n) is 3.78. The fraction of sp³-hybridized carbons (Fsp3) is 0.400. The van der Waals surface area contributed by atoms with Gasteiger partial charge < -0.3 is 16.8 Å². The molecule has 2 aromatic rings. The Morgan fingerprint density at radius 1 is 1.29 bits per heavy atom. The molecule has 3 rings (SSSR count). The van der Waals surface area contributed by atoms with Crippen molar-refractivity contribution in [1.29, 1.82) is 0 Å². The predicted molar refractivity (Wildman–Crippen MR) is 82.7 cm³/mol. The highest BCUT2D eigenvalue weighted by Crippen LogP contribution is 2.35. The van der Waals surface area contributed by atoms with Crippen LogP contribution in [0.3, 0.4) is 0 Å². The minimum Gasteiger partial charge on any atom is -0.368 e. The van der Waals surface area contributed by atoms with E-state index in [1.54, 1.807) is 0 Å². The van der Waals surface area contributed by atoms with Crippen LogP contribution in [-0.2, 0) is 6.54 Å². The molecular formula is C15H20N6. The van der Waals surface area contributed by atoms with E-state index in [9.17, 15) is 0 Å². The zero-order valence-electron chi connectivity index (χ0n) is 12.1. The van der Waals surface area contributed by atoms with E-state index < -0.39 is 0 Å². The highest BCUT2D eigenvalue weighted by atomic mass is 15.1. The zero-order valence-corrected chi connectivity index (χ0v) is 12.1. The van der Waals surface area contributed by atoms with E-state index >= 15 is 0 Å². The standard InChI is InChI=1S/C15H20N6/c1-9-2-3-18-12(4-9)8-19-14-7-13(20-15(17)21-14)10-5-11(16)6-10/h2-4,7,10-11H,5-6,8,16H2,1H3,(H3,17,19,20,21). The van der Waals surface area contributed by atoms with Crippen molar-refractivity contribution in [2.75, 3.05) is 11.1 Å². The summed E-state index contributed by atoms with van der Waals surface area (Å²) >= 11 is 0. The summed E-state index contributed by atoms with van der Waals surface area (Å²) in [6.45, 7) is 2.66. The molecule has 0 aliphatic heterocycles. The van der Waals surface area contributed by atoms with Crippen LogP contribution in [0, 0.1) is 6.92 Å². The molecule has 1 aliphatic carbocycles. The Morgan fingerprint density at radius 3 is 2.81 bits per heavy atom. The molecule has 21 heavy (non-hydrogen) atoms. The van der Waals surface area contributed by atoms with Crippen LogP contribution in [0.25, 0.3) is 0 Å². The number of nitrogens with two attached hydrogens (primary N) is 2. The van der Waals surface area contributed by atoms with Gasteiger partial charge in [-0.2, -0.15) is 4.98 Å². The molecule has 110 valence electrons. The Balaban J connectivity index is 1.70. The number of rotatable bonds is 4. The van der Waals surface area contributed by atoms with Crippen LogP contribution in [0.15, 0.2) is 24.4 Å². The second-order valence-electron chi connectivity index (χ2n) is 5.64. The van der Waals surface area contributed by atoms with Crippen LogP contribution in [0.4, 0.5) is 11.8 Å². The molecule has 6 nitrogen and oxygen atoms in total. The van der Waals surface area contributed by atoms with E-state index in [1.165, 1.54) is 5.56 Å². The van der Waals surface area contributed by atoms with Gasteiger partial charge in [-0.1, -0.05) is 0 Å². The SMILES string of the molecule is Cc1ccnc(CNc2cc(C3CC(N)C3)nc(N)n2)c1. The summed E-state index contributed by atoms with van der Waals surface area (Å²) in [5.41, 5.74) is 14.8. The van der Waals surface area contributed by atoms with Crippen LogP contribution in [-0.4, -0.2) is 21.0 Å². The van der Waals surface area contributed by atoms with E-state index in [0.29, 0.717) is 24.5 Å². The maximum absolute atomic E-state index is 5.83. The zero-order chi connectivity index (χ0) is 14.8. The molecule has 1 fully saturated rings. The number of nitrogens with zero attached hydrogens (tertiary/aromatic N) is 3. The molecule has 2 heterocycles. The minimum absolute atomic E-state index is 0.291. The molecule has 0 atom stereocenters. The quantitative estimate of drug-likeness (QED) is 0.787. The fourth-order valence-corrected chi connectivity index (χ4v) is 2.56. The smallest absolute Gasteiger partial charge is 0.222 e. The number of hydrogen-bond donors (Lipinski definition) is 3. The number of nitrogens with one attached hydrogen (secondary N) is 1. The Labute approximate surface area is 124 Å². The van der Waals surface area contributed by atoms with Crippen LogP contribution in [0.1, 0.15) is 35.7 Å². The molecule has 0 amide bonds. The topological polar surface area (TPSA) is 103 Å². The third-order valence-corrected chi connectivity index (χ3v) is 3.78. The molecule has 0 saturated heterocycles. The second-order valence-corrected chi connectivity index (χ2v) is 5.64. The number of pyridine rings is 1. The summed E-state index contributed by atoms with van der Waals surface area (Å²) in [6, 6.07) is 6.27. The van der Waals surface area contributed by atoms with Crippen molar-refractivity contribution in [2.24, 2.45) is 5.73 Å². The Bertz CT molecular complexity index is 636. The molecule has 0 spiro atoms. The lowest BCUT2D eigenvalue weighted by Crippen LogP contribution is -2.35. The summed E-state index contributed by atoms with van der Waals surface area (Å²) in [5, 5.41) is 3.26. The van der Waals surface area contributed by atoms with Gasteiger partial charge in [0.25, 0.3) is 0 Å². The van der Waals surface area contributed by atoms with E-state index in [2.05, 4.69) is 20.3 Å². The van der Waals surface area contributed by atoms with Crippen molar-refractivity contribution in [1.82, 2.24) is 15.0 Å². The Morgan fingerprint density at radius 2 is 2.10 bits per heavy atom. The number of aromatic nitrogens is 3. The third kappa shape index (κ3) is 3.28. The van der Waals surface area contributed by atoms with Gasteiger partial charge in [-0.05, 0) is 37.5 Å². The summed E-state index contributed by atoms with van der Waals surface area (Å²) in [7, 11) is 0. The number of aryl methyl sites for hydroxylation is 1. The van der Waals surface area contributed by atoms with Crippen LogP contribution in [0.2, 0.25) is 0 Å². The largest absolute Gasteiger partial charge is 0.368 e. The first kappa shape index (κ1) is 13.8. The van der Waals surface area contributed by atoms with Gasteiger partial charge in [0.1, 0.15) is 5.82 Å². The van der Waals surface area contributed by atoms with Gasteiger partial charge >= 0.3 is 0 Å². The van der Waals surface area contributed by atoms with Crippen molar-refractivity contribution in [2.45, 2.75) is 38.3 Å². The van der Waals surface area contributed by atoms with Crippen molar-refractivity contribution < 1.29 is 0 Å². The van der Waals surface area contributed by atoms with Crippen molar-refractivity contribution in [3.63, 3.8) is 0 Å². The second kappa shape index (κ2) is 5.65. The number of hydrogen-bond acceptors (Lipinski definition) is 6. The highest BCUT2D eigenvalue weighted by Gasteiger charge is 2.29. The molecule has 2 aromatic heterocycles. The van der Waals surface area contributed by atoms with E-state index in [4.69, 9.17) is 11.5 Å². The van der Waals surface area contributed by atoms with Gasteiger partial charge in [0.15, 0.2) is 0 Å². The molecule has 6 heteroatoms. The lowest BCUT2D eigenvalue weighted by atomic mass is 9.78. The summed E-state index contributed by atoms with van der Waals surface area (Å²) in [5.74, 6) is 1.44. The predicted octanol–water partition coefficient (Wildman–Crippen LogP) is 1.58. The summed E-state index contributed by atoms with van der Waals surface area (Å²) in [4.78, 5) is 12.9. The van der Waals surface area contributed by atoms with Crippen molar-refractivity contribution in [3.05, 3.63) is 41.3 Å². The Hall–Kier alpha value is -2.21. The first-order valence-corrected chi connectivity index (χ1v) is 7.15. The van der Waals surface area contributed by atoms with Crippen LogP contribution in [0.5, 0.6) is 0 Å². The fourth-order valence-electron chi connectivity index (χ4n) is 2.56. The lowest BCUT2D eigenvalue weighted by Gasteiger charge is -2.32. The summed E-state index contributed by atoms with van der Waals surface area (Å²) < 4.78 is 0. The average Bonchev–Trinajstić information content (AvgIpc) is 2.41. The summed E-state index contributed by atoms with van der Waals surface area (Å²) in [6.07, 6.45) is 3.74. The molecule has 0 radical (unpaired) electrons. The molecular weight excluding hydrogens is 264 g/mol. The molecule has 1 aliphatic rings. The number of nitrogen functional groups attached to an aromatic ring is 1. The van der Waals surface area contributed by atoms with Gasteiger partial charge in [-0.3, -0.25) is 4.98 Å². The highest BCUT2D eigenvalue weighted by molar-refractivity contribution is 5.42. The minimum atomic E-state index is 0.291. The van der Waals surface area contributed by atoms with Gasteiger partial charge in [0, 0.05) is 24.2 Å². The van der Waals surface area contributed by atoms with E-state index in [1.807, 2.05) is 31.3 Å². The van der Waals surface area contributed by atoms with Gasteiger partial charge in [-0.25, -0.2) is 4.98 Å². The van der Waals surface area contributed by atoms with Gasteiger partial charge in [0.2, 0.25) is 5.95 Å². The maximum Gasteiger partial charge on any atom is 0.222 e. The molecule has 0 aromatic carbocycles. The van der Waals surface area contributed by atoms with Gasteiger partial charge in [0.05, 0.1) is 17.9 Å². The Kier molecular flexibility index (Phi) is 3.70. The average molecular weight is 284 g/mol. The van der Waals surface area contributed by atoms with E-state index in [-0.39, 0.29) is 0 Å². The lowest BCUT2D eigenvalue weighted by molar-refractivity contribution is 0.345. The first-order chi connectivity index (χ1) is 10.1. The molecule has 0 unspecified atom stereocenters. The van der Waals surface area contributed by atoms with Crippen LogP contribution >= 0.6 is 0 Å². The van der Waals surface area contributed by atoms with Crippen LogP contribution < -0.4 is 16.8 Å². The molecule has 5 N–H and O–H groups in total. The molecule has 1 saturated carbocycles. The van der Waals surface area contributed by atoms with Crippen molar-refractivity contribution >= 4 is 11.8 Å².